The molecule has 2 aliphatic heterocycles. The second kappa shape index (κ2) is 12.9. The number of likely N-dealkylation sites (N-methyl/N-ethyl adjacent to an activating group) is 1. The Labute approximate surface area is 261 Å². The van der Waals surface area contributed by atoms with Crippen molar-refractivity contribution in [3.8, 4) is 17.2 Å². The first-order valence-electron chi connectivity index (χ1n) is 14.4. The number of ether oxygens (including phenoxy) is 3. The minimum atomic E-state index is -3.97. The number of hydrogen-bond donors (Lipinski definition) is 3. The van der Waals surface area contributed by atoms with Crippen molar-refractivity contribution in [1.29, 1.82) is 0 Å². The molecular weight excluding hydrogens is 606 g/mol. The lowest BCUT2D eigenvalue weighted by Crippen LogP contribution is -2.48. The predicted molar refractivity (Wildman–Crippen MR) is 163 cm³/mol. The topological polar surface area (TPSA) is 173 Å². The van der Waals surface area contributed by atoms with E-state index in [1.54, 1.807) is 55.1 Å². The zero-order valence-corrected chi connectivity index (χ0v) is 26.5. The van der Waals surface area contributed by atoms with Gasteiger partial charge in [-0.25, -0.2) is 13.2 Å². The normalized spacial score (nSPS) is 18.8. The fourth-order valence-electron chi connectivity index (χ4n) is 5.34. The molecule has 0 unspecified atom stereocenters. The molecule has 3 heterocycles. The molecule has 0 radical (unpaired) electrons. The molecule has 0 fully saturated rings. The summed E-state index contributed by atoms with van der Waals surface area (Å²) in [6.45, 7) is 6.76. The van der Waals surface area contributed by atoms with E-state index in [-0.39, 0.29) is 61.1 Å². The highest BCUT2D eigenvalue weighted by molar-refractivity contribution is 7.89. The number of hydrogen-bond acceptors (Lipinski definition) is 10. The molecule has 0 spiro atoms. The molecule has 3 N–H and O–H groups in total. The van der Waals surface area contributed by atoms with Gasteiger partial charge in [0.1, 0.15) is 22.4 Å². The average molecular weight is 644 g/mol. The van der Waals surface area contributed by atoms with Crippen molar-refractivity contribution in [3.05, 3.63) is 53.4 Å². The Balaban J connectivity index is 1.40. The van der Waals surface area contributed by atoms with Crippen LogP contribution in [0, 0.1) is 19.8 Å². The molecule has 0 saturated carbocycles. The average Bonchev–Trinajstić information content (AvgIpc) is 3.61. The second-order valence-corrected chi connectivity index (χ2v) is 13.3. The Morgan fingerprint density at radius 3 is 2.44 bits per heavy atom. The number of amides is 3. The van der Waals surface area contributed by atoms with E-state index in [1.165, 1.54) is 18.3 Å². The maximum Gasteiger partial charge on any atom is 0.323 e. The summed E-state index contributed by atoms with van der Waals surface area (Å²) in [7, 11) is -2.52. The molecule has 15 heteroatoms. The van der Waals surface area contributed by atoms with Crippen LogP contribution in [-0.4, -0.2) is 85.5 Å². The highest BCUT2D eigenvalue weighted by Crippen LogP contribution is 2.35. The van der Waals surface area contributed by atoms with E-state index in [0.29, 0.717) is 34.2 Å². The SMILES string of the molecule is Cc1noc(C)c1S(=O)(=O)N(C)C[C@H]1Oc2ccc(NC(=O)Nc3ccc4c(c3)OCO4)cc2CC(=O)N([C@H](C)CO)C[C@H]1C. The molecule has 5 rings (SSSR count). The van der Waals surface area contributed by atoms with Gasteiger partial charge in [-0.15, -0.1) is 0 Å². The zero-order valence-electron chi connectivity index (χ0n) is 25.7. The van der Waals surface area contributed by atoms with E-state index in [1.807, 2.05) is 6.92 Å². The van der Waals surface area contributed by atoms with E-state index in [9.17, 15) is 23.1 Å². The summed E-state index contributed by atoms with van der Waals surface area (Å²) in [5.41, 5.74) is 1.65. The molecule has 3 aromatic rings. The van der Waals surface area contributed by atoms with Gasteiger partial charge < -0.3 is 39.4 Å². The lowest BCUT2D eigenvalue weighted by atomic mass is 10.0. The maximum absolute atomic E-state index is 13.5. The van der Waals surface area contributed by atoms with Crippen LogP contribution >= 0.6 is 0 Å². The number of aromatic nitrogens is 1. The van der Waals surface area contributed by atoms with Crippen LogP contribution in [-0.2, 0) is 21.2 Å². The third-order valence-corrected chi connectivity index (χ3v) is 9.95. The number of aliphatic hydroxyl groups excluding tert-OH is 1. The molecule has 3 atom stereocenters. The predicted octanol–water partition coefficient (Wildman–Crippen LogP) is 3.13. The number of carbonyl (C=O) groups is 2. The number of anilines is 2. The van der Waals surface area contributed by atoms with E-state index in [2.05, 4.69) is 15.8 Å². The molecule has 14 nitrogen and oxygen atoms in total. The maximum atomic E-state index is 13.5. The Kier molecular flexibility index (Phi) is 9.23. The van der Waals surface area contributed by atoms with Crippen molar-refractivity contribution in [2.45, 2.75) is 51.2 Å². The lowest BCUT2D eigenvalue weighted by molar-refractivity contribution is -0.134. The Morgan fingerprint density at radius 2 is 1.78 bits per heavy atom. The molecule has 0 saturated heterocycles. The Bertz CT molecular complexity index is 1670. The summed E-state index contributed by atoms with van der Waals surface area (Å²) in [6.07, 6.45) is -0.748. The third kappa shape index (κ3) is 6.84. The number of aryl methyl sites for hydroxylation is 2. The van der Waals surface area contributed by atoms with Crippen molar-refractivity contribution in [1.82, 2.24) is 14.4 Å². The van der Waals surface area contributed by atoms with Gasteiger partial charge in [0.2, 0.25) is 22.7 Å². The highest BCUT2D eigenvalue weighted by Gasteiger charge is 2.35. The standard InChI is InChI=1S/C30H37N5O9S/c1-17-13-35(18(2)15-36)28(37)11-21-10-22(31-30(38)32-23-7-9-25-26(12-23)42-16-41-25)6-8-24(21)43-27(17)14-34(5)45(39,40)29-19(3)33-44-20(29)4/h6-10,12,17-18,27,36H,11,13-16H2,1-5H3,(H2,31,32,38)/t17-,18-,27-/m1/s1. The molecule has 0 aliphatic carbocycles. The number of nitrogens with one attached hydrogen (secondary N) is 2. The summed E-state index contributed by atoms with van der Waals surface area (Å²) in [5.74, 6) is 1.10. The summed E-state index contributed by atoms with van der Waals surface area (Å²) >= 11 is 0. The van der Waals surface area contributed by atoms with Crippen LogP contribution in [0.1, 0.15) is 30.9 Å². The Hall–Kier alpha value is -4.34. The van der Waals surface area contributed by atoms with E-state index >= 15 is 0 Å². The molecule has 3 amide bonds. The Morgan fingerprint density at radius 1 is 1.11 bits per heavy atom. The van der Waals surface area contributed by atoms with Crippen LogP contribution in [0.5, 0.6) is 17.2 Å². The van der Waals surface area contributed by atoms with Crippen molar-refractivity contribution >= 4 is 33.3 Å². The first kappa shape index (κ1) is 32.1. The van der Waals surface area contributed by atoms with Crippen LogP contribution in [0.25, 0.3) is 0 Å². The monoisotopic (exact) mass is 643 g/mol. The lowest BCUT2D eigenvalue weighted by Gasteiger charge is -2.33. The van der Waals surface area contributed by atoms with Crippen molar-refractivity contribution in [3.63, 3.8) is 0 Å². The van der Waals surface area contributed by atoms with Crippen LogP contribution in [0.4, 0.5) is 16.2 Å². The number of urea groups is 1. The number of rotatable bonds is 8. The van der Waals surface area contributed by atoms with Gasteiger partial charge in [-0.2, -0.15) is 4.31 Å². The van der Waals surface area contributed by atoms with Gasteiger partial charge in [0, 0.05) is 42.5 Å². The smallest absolute Gasteiger partial charge is 0.323 e. The summed E-state index contributed by atoms with van der Waals surface area (Å²) in [4.78, 5) is 27.9. The quantitative estimate of drug-likeness (QED) is 0.331. The zero-order chi connectivity index (χ0) is 32.5. The molecule has 2 aliphatic rings. The number of benzene rings is 2. The largest absolute Gasteiger partial charge is 0.488 e. The molecule has 45 heavy (non-hydrogen) atoms. The van der Waals surface area contributed by atoms with Gasteiger partial charge in [-0.1, -0.05) is 12.1 Å². The number of carbonyl (C=O) groups excluding carboxylic acids is 2. The van der Waals surface area contributed by atoms with Crippen LogP contribution in [0.3, 0.4) is 0 Å². The third-order valence-electron chi connectivity index (χ3n) is 7.88. The van der Waals surface area contributed by atoms with E-state index < -0.39 is 28.2 Å². The van der Waals surface area contributed by atoms with Gasteiger partial charge in [0.15, 0.2) is 17.3 Å². The number of sulfonamides is 1. The van der Waals surface area contributed by atoms with Crippen LogP contribution in [0.2, 0.25) is 0 Å². The van der Waals surface area contributed by atoms with Gasteiger partial charge in [0.05, 0.1) is 25.6 Å². The fourth-order valence-corrected chi connectivity index (χ4v) is 6.81. The van der Waals surface area contributed by atoms with Crippen molar-refractivity contribution < 1.29 is 41.8 Å². The van der Waals surface area contributed by atoms with Crippen molar-refractivity contribution in [2.75, 3.05) is 44.2 Å². The van der Waals surface area contributed by atoms with Crippen LogP contribution in [0.15, 0.2) is 45.8 Å². The van der Waals surface area contributed by atoms with Crippen LogP contribution < -0.4 is 24.8 Å². The second-order valence-electron chi connectivity index (χ2n) is 11.3. The van der Waals surface area contributed by atoms with Gasteiger partial charge in [-0.05, 0) is 51.1 Å². The first-order chi connectivity index (χ1) is 21.4. The molecular formula is C30H37N5O9S. The number of nitrogens with zero attached hydrogens (tertiary/aromatic N) is 3. The van der Waals surface area contributed by atoms with E-state index in [0.717, 1.165) is 0 Å². The summed E-state index contributed by atoms with van der Waals surface area (Å²) in [5, 5.41) is 19.2. The minimum absolute atomic E-state index is 0.00145. The van der Waals surface area contributed by atoms with Gasteiger partial charge in [-0.3, -0.25) is 4.79 Å². The molecule has 242 valence electrons. The van der Waals surface area contributed by atoms with Gasteiger partial charge in [0.25, 0.3) is 0 Å². The first-order valence-corrected chi connectivity index (χ1v) is 15.9. The highest BCUT2D eigenvalue weighted by atomic mass is 32.2. The summed E-state index contributed by atoms with van der Waals surface area (Å²) in [6, 6.07) is 8.96. The fraction of sp³-hybridized carbons (Fsp3) is 0.433. The molecule has 1 aromatic heterocycles. The number of aliphatic hydroxyl groups is 1. The van der Waals surface area contributed by atoms with Gasteiger partial charge >= 0.3 is 6.03 Å². The van der Waals surface area contributed by atoms with Crippen molar-refractivity contribution in [2.24, 2.45) is 5.92 Å². The number of fused-ring (bicyclic) bond motifs is 2. The summed E-state index contributed by atoms with van der Waals surface area (Å²) < 4.78 is 50.4. The molecule has 2 aromatic carbocycles. The molecule has 0 bridgehead atoms. The van der Waals surface area contributed by atoms with E-state index in [4.69, 9.17) is 18.7 Å². The minimum Gasteiger partial charge on any atom is -0.488 e.